The summed E-state index contributed by atoms with van der Waals surface area (Å²) >= 11 is 11.9. The van der Waals surface area contributed by atoms with Crippen LogP contribution in [0.25, 0.3) is 0 Å². The lowest BCUT2D eigenvalue weighted by Gasteiger charge is -2.07. The van der Waals surface area contributed by atoms with Crippen molar-refractivity contribution < 1.29 is 9.90 Å². The van der Waals surface area contributed by atoms with E-state index in [1.807, 2.05) is 26.2 Å². The van der Waals surface area contributed by atoms with Crippen LogP contribution in [-0.2, 0) is 4.79 Å². The molecule has 1 aromatic rings. The second kappa shape index (κ2) is 10.4. The van der Waals surface area contributed by atoms with Gasteiger partial charge in [0.25, 0.3) is 0 Å². The highest BCUT2D eigenvalue weighted by Crippen LogP contribution is 2.23. The van der Waals surface area contributed by atoms with E-state index in [2.05, 4.69) is 16.0 Å². The molecule has 0 atom stereocenters. The fourth-order valence-electron chi connectivity index (χ4n) is 1.90. The zero-order valence-corrected chi connectivity index (χ0v) is 14.9. The van der Waals surface area contributed by atoms with Gasteiger partial charge in [-0.15, -0.1) is 0 Å². The van der Waals surface area contributed by atoms with Crippen molar-refractivity contribution in [2.75, 3.05) is 27.2 Å². The molecule has 6 heteroatoms. The van der Waals surface area contributed by atoms with Crippen LogP contribution in [-0.4, -0.2) is 48.9 Å². The number of halogens is 2. The molecule has 126 valence electrons. The van der Waals surface area contributed by atoms with Crippen molar-refractivity contribution in [1.29, 1.82) is 0 Å². The van der Waals surface area contributed by atoms with Gasteiger partial charge in [0.15, 0.2) is 0 Å². The van der Waals surface area contributed by atoms with Crippen molar-refractivity contribution >= 4 is 34.9 Å². The minimum absolute atomic E-state index is 0.0312. The Morgan fingerprint density at radius 3 is 2.57 bits per heavy atom. The van der Waals surface area contributed by atoms with E-state index < -0.39 is 5.97 Å². The van der Waals surface area contributed by atoms with E-state index in [0.29, 0.717) is 23.0 Å². The molecule has 23 heavy (non-hydrogen) atoms. The van der Waals surface area contributed by atoms with Crippen LogP contribution in [0.15, 0.2) is 35.3 Å². The first kappa shape index (κ1) is 19.7. The largest absolute Gasteiger partial charge is 0.481 e. The summed E-state index contributed by atoms with van der Waals surface area (Å²) in [4.78, 5) is 17.4. The van der Waals surface area contributed by atoms with Gasteiger partial charge < -0.3 is 10.0 Å². The lowest BCUT2D eigenvalue weighted by atomic mass is 10.1. The maximum Gasteiger partial charge on any atom is 0.303 e. The minimum Gasteiger partial charge on any atom is -0.481 e. The average molecular weight is 357 g/mol. The molecule has 0 aliphatic heterocycles. The Kier molecular flexibility index (Phi) is 8.92. The number of carboxylic acids is 1. The first-order chi connectivity index (χ1) is 10.9. The van der Waals surface area contributed by atoms with Gasteiger partial charge in [-0.25, -0.2) is 0 Å². The molecule has 0 aliphatic rings. The van der Waals surface area contributed by atoms with Gasteiger partial charge in [0.1, 0.15) is 0 Å². The van der Waals surface area contributed by atoms with Crippen LogP contribution in [0.2, 0.25) is 10.0 Å². The Hall–Kier alpha value is -1.36. The van der Waals surface area contributed by atoms with Gasteiger partial charge >= 0.3 is 5.97 Å². The highest BCUT2D eigenvalue weighted by Gasteiger charge is 2.08. The Balaban J connectivity index is 2.76. The topological polar surface area (TPSA) is 52.9 Å². The van der Waals surface area contributed by atoms with E-state index in [4.69, 9.17) is 28.3 Å². The van der Waals surface area contributed by atoms with Gasteiger partial charge in [-0.3, -0.25) is 9.79 Å². The molecule has 0 unspecified atom stereocenters. The molecule has 0 aromatic heterocycles. The van der Waals surface area contributed by atoms with Crippen LogP contribution in [0.4, 0.5) is 0 Å². The monoisotopic (exact) mass is 356 g/mol. The molecule has 0 bridgehead atoms. The summed E-state index contributed by atoms with van der Waals surface area (Å²) in [5.74, 6) is -0.848. The highest BCUT2D eigenvalue weighted by molar-refractivity contribution is 6.42. The van der Waals surface area contributed by atoms with Crippen molar-refractivity contribution in [1.82, 2.24) is 4.90 Å². The lowest BCUT2D eigenvalue weighted by Crippen LogP contribution is -2.11. The fourth-order valence-corrected chi connectivity index (χ4v) is 2.20. The van der Waals surface area contributed by atoms with Gasteiger partial charge in [0.05, 0.1) is 23.0 Å². The van der Waals surface area contributed by atoms with Crippen LogP contribution in [0.1, 0.15) is 24.8 Å². The number of aliphatic imine (C=N–C) groups is 1. The van der Waals surface area contributed by atoms with Crippen molar-refractivity contribution in [2.45, 2.75) is 19.3 Å². The number of hydrogen-bond acceptors (Lipinski definition) is 3. The number of carbonyl (C=O) groups is 1. The van der Waals surface area contributed by atoms with Gasteiger partial charge in [-0.1, -0.05) is 41.4 Å². The quantitative estimate of drug-likeness (QED) is 0.533. The summed E-state index contributed by atoms with van der Waals surface area (Å²) in [7, 11) is 4.06. The highest BCUT2D eigenvalue weighted by atomic mass is 35.5. The van der Waals surface area contributed by atoms with E-state index in [1.54, 1.807) is 12.1 Å². The first-order valence-corrected chi connectivity index (χ1v) is 8.16. The molecule has 0 saturated heterocycles. The molecule has 0 aliphatic carbocycles. The van der Waals surface area contributed by atoms with Crippen LogP contribution in [0.5, 0.6) is 0 Å². The SMILES string of the molecule is CN(C)CC/C=C/CN=C(CCC(=O)O)c1ccc(Cl)c(Cl)c1. The Bertz CT molecular complexity index is 584. The first-order valence-electron chi connectivity index (χ1n) is 7.40. The van der Waals surface area contributed by atoms with Gasteiger partial charge in [-0.05, 0) is 38.2 Å². The molecule has 1 aromatic carbocycles. The molecular formula is C17H22Cl2N2O2. The standard InChI is InChI=1S/C17H22Cl2N2O2/c1-21(2)11-5-3-4-10-20-16(8-9-17(22)23)13-6-7-14(18)15(19)12-13/h3-4,6-7,12H,5,8-11H2,1-2H3,(H,22,23)/b4-3+,20-16?. The maximum atomic E-state index is 10.8. The molecule has 1 N–H and O–H groups in total. The smallest absolute Gasteiger partial charge is 0.303 e. The van der Waals surface area contributed by atoms with Crippen molar-refractivity contribution in [3.63, 3.8) is 0 Å². The molecule has 0 amide bonds. The molecule has 0 heterocycles. The number of aliphatic carboxylic acids is 1. The third kappa shape index (κ3) is 8.16. The Morgan fingerprint density at radius 1 is 1.22 bits per heavy atom. The minimum atomic E-state index is -0.848. The van der Waals surface area contributed by atoms with Crippen LogP contribution < -0.4 is 0 Å². The predicted octanol–water partition coefficient (Wildman–Crippen LogP) is 4.16. The van der Waals surface area contributed by atoms with Crippen molar-refractivity contribution in [3.05, 3.63) is 46.0 Å². The fraction of sp³-hybridized carbons (Fsp3) is 0.412. The predicted molar refractivity (Wildman–Crippen MR) is 97.0 cm³/mol. The third-order valence-corrected chi connectivity index (χ3v) is 3.86. The third-order valence-electron chi connectivity index (χ3n) is 3.13. The zero-order valence-electron chi connectivity index (χ0n) is 13.4. The van der Waals surface area contributed by atoms with E-state index in [1.165, 1.54) is 0 Å². The number of hydrogen-bond donors (Lipinski definition) is 1. The number of nitrogens with zero attached hydrogens (tertiary/aromatic N) is 2. The molecule has 4 nitrogen and oxygen atoms in total. The molecule has 1 rings (SSSR count). The average Bonchev–Trinajstić information content (AvgIpc) is 2.48. The van der Waals surface area contributed by atoms with Crippen molar-refractivity contribution in [3.8, 4) is 0 Å². The van der Waals surface area contributed by atoms with Crippen LogP contribution in [0.3, 0.4) is 0 Å². The summed E-state index contributed by atoms with van der Waals surface area (Å²) in [6.07, 6.45) is 5.41. The second-order valence-electron chi connectivity index (χ2n) is 5.37. The Labute approximate surface area is 147 Å². The number of rotatable bonds is 9. The van der Waals surface area contributed by atoms with E-state index >= 15 is 0 Å². The summed E-state index contributed by atoms with van der Waals surface area (Å²) in [5, 5.41) is 9.79. The summed E-state index contributed by atoms with van der Waals surface area (Å²) in [5.41, 5.74) is 1.53. The number of carboxylic acid groups (broad SMARTS) is 1. The van der Waals surface area contributed by atoms with E-state index in [0.717, 1.165) is 24.2 Å². The van der Waals surface area contributed by atoms with Crippen molar-refractivity contribution in [2.24, 2.45) is 4.99 Å². The lowest BCUT2D eigenvalue weighted by molar-refractivity contribution is -0.136. The summed E-state index contributed by atoms with van der Waals surface area (Å²) in [6.45, 7) is 1.50. The van der Waals surface area contributed by atoms with E-state index in [9.17, 15) is 4.79 Å². The van der Waals surface area contributed by atoms with E-state index in [-0.39, 0.29) is 6.42 Å². The molecule has 0 spiro atoms. The van der Waals surface area contributed by atoms with Gasteiger partial charge in [0.2, 0.25) is 0 Å². The molecular weight excluding hydrogens is 335 g/mol. The van der Waals surface area contributed by atoms with Crippen LogP contribution in [0, 0.1) is 0 Å². The number of benzene rings is 1. The zero-order chi connectivity index (χ0) is 17.2. The Morgan fingerprint density at radius 2 is 1.96 bits per heavy atom. The maximum absolute atomic E-state index is 10.8. The molecule has 0 fully saturated rings. The van der Waals surface area contributed by atoms with Gasteiger partial charge in [-0.2, -0.15) is 0 Å². The molecule has 0 saturated carbocycles. The van der Waals surface area contributed by atoms with Gasteiger partial charge in [0, 0.05) is 18.7 Å². The normalized spacial score (nSPS) is 12.3. The second-order valence-corrected chi connectivity index (χ2v) is 6.19. The summed E-state index contributed by atoms with van der Waals surface area (Å²) < 4.78 is 0. The molecule has 0 radical (unpaired) electrons. The van der Waals surface area contributed by atoms with Crippen LogP contribution >= 0.6 is 23.2 Å². The summed E-state index contributed by atoms with van der Waals surface area (Å²) in [6, 6.07) is 5.23.